The zero-order chi connectivity index (χ0) is 18.4. The average Bonchev–Trinajstić information content (AvgIpc) is 2.65. The maximum atomic E-state index is 12.5. The first kappa shape index (κ1) is 18.9. The highest BCUT2D eigenvalue weighted by Crippen LogP contribution is 2.35. The van der Waals surface area contributed by atoms with Crippen LogP contribution in [0.3, 0.4) is 0 Å². The Morgan fingerprint density at radius 1 is 0.920 bits per heavy atom. The molecular formula is C18H20BrNO5. The van der Waals surface area contributed by atoms with Gasteiger partial charge in [-0.1, -0.05) is 0 Å². The highest BCUT2D eigenvalue weighted by atomic mass is 79.9. The predicted octanol–water partition coefficient (Wildman–Crippen LogP) is 3.41. The molecule has 0 saturated carbocycles. The molecule has 0 aliphatic rings. The van der Waals surface area contributed by atoms with Crippen molar-refractivity contribution in [3.05, 3.63) is 45.9 Å². The number of benzene rings is 2. The number of halogens is 1. The van der Waals surface area contributed by atoms with Gasteiger partial charge in [-0.15, -0.1) is 0 Å². The molecule has 6 nitrogen and oxygen atoms in total. The second-order valence-corrected chi connectivity index (χ2v) is 5.85. The Morgan fingerprint density at radius 3 is 2.04 bits per heavy atom. The van der Waals surface area contributed by atoms with Crippen molar-refractivity contribution in [3.63, 3.8) is 0 Å². The van der Waals surface area contributed by atoms with Gasteiger partial charge in [0.2, 0.25) is 0 Å². The monoisotopic (exact) mass is 409 g/mol. The third-order valence-electron chi connectivity index (χ3n) is 3.63. The molecule has 0 fully saturated rings. The van der Waals surface area contributed by atoms with E-state index in [1.165, 1.54) is 14.2 Å². The third kappa shape index (κ3) is 4.36. The Balaban J connectivity index is 2.21. The van der Waals surface area contributed by atoms with E-state index >= 15 is 0 Å². The van der Waals surface area contributed by atoms with E-state index in [4.69, 9.17) is 18.9 Å². The third-order valence-corrected chi connectivity index (χ3v) is 4.42. The van der Waals surface area contributed by atoms with Crippen molar-refractivity contribution in [2.75, 3.05) is 28.4 Å². The first-order valence-electron chi connectivity index (χ1n) is 7.44. The van der Waals surface area contributed by atoms with E-state index in [0.717, 1.165) is 5.56 Å². The van der Waals surface area contributed by atoms with Gasteiger partial charge < -0.3 is 24.3 Å². The van der Waals surface area contributed by atoms with E-state index in [-0.39, 0.29) is 5.91 Å². The maximum absolute atomic E-state index is 12.5. The van der Waals surface area contributed by atoms with Gasteiger partial charge in [-0.2, -0.15) is 0 Å². The molecular weight excluding hydrogens is 390 g/mol. The van der Waals surface area contributed by atoms with Gasteiger partial charge in [-0.25, -0.2) is 0 Å². The van der Waals surface area contributed by atoms with Gasteiger partial charge in [0.25, 0.3) is 5.91 Å². The van der Waals surface area contributed by atoms with Gasteiger partial charge in [-0.05, 0) is 46.3 Å². The number of rotatable bonds is 7. The largest absolute Gasteiger partial charge is 0.497 e. The Hall–Kier alpha value is -2.41. The van der Waals surface area contributed by atoms with E-state index in [1.807, 2.05) is 6.07 Å². The summed E-state index contributed by atoms with van der Waals surface area (Å²) < 4.78 is 21.7. The maximum Gasteiger partial charge on any atom is 0.251 e. The predicted molar refractivity (Wildman–Crippen MR) is 98.0 cm³/mol. The van der Waals surface area contributed by atoms with Crippen molar-refractivity contribution < 1.29 is 23.7 Å². The van der Waals surface area contributed by atoms with Crippen LogP contribution >= 0.6 is 15.9 Å². The minimum atomic E-state index is -0.256. The summed E-state index contributed by atoms with van der Waals surface area (Å²) in [5, 5.41) is 2.86. The van der Waals surface area contributed by atoms with Crippen LogP contribution in [-0.4, -0.2) is 34.3 Å². The van der Waals surface area contributed by atoms with Crippen molar-refractivity contribution >= 4 is 21.8 Å². The van der Waals surface area contributed by atoms with Crippen LogP contribution in [0.5, 0.6) is 23.0 Å². The second kappa shape index (κ2) is 8.62. The summed E-state index contributed by atoms with van der Waals surface area (Å²) >= 11 is 3.38. The molecule has 0 heterocycles. The molecule has 2 aromatic rings. The van der Waals surface area contributed by atoms with E-state index in [9.17, 15) is 4.79 Å². The molecule has 0 spiro atoms. The van der Waals surface area contributed by atoms with Crippen molar-refractivity contribution in [2.24, 2.45) is 0 Å². The van der Waals surface area contributed by atoms with E-state index in [0.29, 0.717) is 39.6 Å². The number of carbonyl (C=O) groups excluding carboxylic acids is 1. The summed E-state index contributed by atoms with van der Waals surface area (Å²) in [6.45, 7) is 0.292. The fourth-order valence-corrected chi connectivity index (χ4v) is 2.85. The molecule has 0 atom stereocenters. The number of methoxy groups -OCH3 is 4. The van der Waals surface area contributed by atoms with E-state index in [2.05, 4.69) is 21.2 Å². The lowest BCUT2D eigenvalue weighted by molar-refractivity contribution is 0.0950. The first-order chi connectivity index (χ1) is 12.0. The number of nitrogens with one attached hydrogen (secondary N) is 1. The van der Waals surface area contributed by atoms with Gasteiger partial charge in [-0.3, -0.25) is 4.79 Å². The van der Waals surface area contributed by atoms with E-state index < -0.39 is 0 Å². The number of hydrogen-bond acceptors (Lipinski definition) is 5. The standard InChI is InChI=1S/C18H20BrNO5/c1-22-13-5-6-14(23-2)12(7-13)10-20-18(21)11-8-15(24-3)17(19)16(9-11)25-4/h5-9H,10H2,1-4H3,(H,20,21). The van der Waals surface area contributed by atoms with Crippen LogP contribution in [0.2, 0.25) is 0 Å². The number of amides is 1. The minimum absolute atomic E-state index is 0.256. The lowest BCUT2D eigenvalue weighted by atomic mass is 10.1. The Kier molecular flexibility index (Phi) is 6.52. The van der Waals surface area contributed by atoms with Gasteiger partial charge in [0.15, 0.2) is 0 Å². The molecule has 0 unspecified atom stereocenters. The molecule has 0 aromatic heterocycles. The molecule has 1 N–H and O–H groups in total. The van der Waals surface area contributed by atoms with Crippen molar-refractivity contribution in [1.82, 2.24) is 5.32 Å². The van der Waals surface area contributed by atoms with Crippen LogP contribution in [0.1, 0.15) is 15.9 Å². The first-order valence-corrected chi connectivity index (χ1v) is 8.24. The highest BCUT2D eigenvalue weighted by Gasteiger charge is 2.15. The van der Waals surface area contributed by atoms with Gasteiger partial charge in [0, 0.05) is 17.7 Å². The zero-order valence-electron chi connectivity index (χ0n) is 14.5. The van der Waals surface area contributed by atoms with Crippen molar-refractivity contribution in [3.8, 4) is 23.0 Å². The van der Waals surface area contributed by atoms with Crippen LogP contribution in [-0.2, 0) is 6.54 Å². The Labute approximate surface area is 155 Å². The molecule has 25 heavy (non-hydrogen) atoms. The molecule has 134 valence electrons. The van der Waals surface area contributed by atoms with Gasteiger partial charge in [0.05, 0.1) is 28.4 Å². The SMILES string of the molecule is COc1ccc(OC)c(CNC(=O)c2cc(OC)c(Br)c(OC)c2)c1. The summed E-state index contributed by atoms with van der Waals surface area (Å²) in [5.41, 5.74) is 1.24. The fraction of sp³-hybridized carbons (Fsp3) is 0.278. The normalized spacial score (nSPS) is 10.1. The molecule has 0 aliphatic carbocycles. The molecule has 7 heteroatoms. The van der Waals surface area contributed by atoms with Crippen LogP contribution in [0.4, 0.5) is 0 Å². The van der Waals surface area contributed by atoms with Crippen LogP contribution in [0.25, 0.3) is 0 Å². The zero-order valence-corrected chi connectivity index (χ0v) is 16.1. The van der Waals surface area contributed by atoms with Crippen LogP contribution in [0.15, 0.2) is 34.8 Å². The number of carbonyl (C=O) groups is 1. The smallest absolute Gasteiger partial charge is 0.251 e. The Bertz CT molecular complexity index is 738. The second-order valence-electron chi connectivity index (χ2n) is 5.06. The lowest BCUT2D eigenvalue weighted by Crippen LogP contribution is -2.23. The average molecular weight is 410 g/mol. The highest BCUT2D eigenvalue weighted by molar-refractivity contribution is 9.10. The summed E-state index contributed by atoms with van der Waals surface area (Å²) in [5.74, 6) is 2.14. The van der Waals surface area contributed by atoms with Gasteiger partial charge in [0.1, 0.15) is 27.5 Å². The lowest BCUT2D eigenvalue weighted by Gasteiger charge is -2.13. The van der Waals surface area contributed by atoms with Crippen LogP contribution in [0, 0.1) is 0 Å². The number of hydrogen-bond donors (Lipinski definition) is 1. The molecule has 0 radical (unpaired) electrons. The quantitative estimate of drug-likeness (QED) is 0.758. The summed E-state index contributed by atoms with van der Waals surface area (Å²) in [6.07, 6.45) is 0. The summed E-state index contributed by atoms with van der Waals surface area (Å²) in [4.78, 5) is 12.5. The minimum Gasteiger partial charge on any atom is -0.497 e. The van der Waals surface area contributed by atoms with E-state index in [1.54, 1.807) is 38.5 Å². The Morgan fingerprint density at radius 2 is 1.52 bits per heavy atom. The van der Waals surface area contributed by atoms with Gasteiger partial charge >= 0.3 is 0 Å². The topological polar surface area (TPSA) is 66.0 Å². The molecule has 2 rings (SSSR count). The molecule has 2 aromatic carbocycles. The summed E-state index contributed by atoms with van der Waals surface area (Å²) in [7, 11) is 6.23. The molecule has 0 aliphatic heterocycles. The molecule has 0 bridgehead atoms. The summed E-state index contributed by atoms with van der Waals surface area (Å²) in [6, 6.07) is 8.71. The molecule has 1 amide bonds. The molecule has 0 saturated heterocycles. The number of ether oxygens (including phenoxy) is 4. The fourth-order valence-electron chi connectivity index (χ4n) is 2.30. The van der Waals surface area contributed by atoms with Crippen LogP contribution < -0.4 is 24.3 Å². The van der Waals surface area contributed by atoms with Crippen molar-refractivity contribution in [2.45, 2.75) is 6.54 Å². The van der Waals surface area contributed by atoms with Crippen molar-refractivity contribution in [1.29, 1.82) is 0 Å².